The molecule has 4 aromatic rings. The fraction of sp³-hybridized carbons (Fsp3) is 0.318. The van der Waals surface area contributed by atoms with Gasteiger partial charge in [-0.3, -0.25) is 13.7 Å². The van der Waals surface area contributed by atoms with E-state index in [4.69, 9.17) is 5.26 Å². The van der Waals surface area contributed by atoms with Gasteiger partial charge in [0.05, 0.1) is 28.4 Å². The molecule has 0 unspecified atom stereocenters. The molecule has 0 bridgehead atoms. The van der Waals surface area contributed by atoms with Crippen molar-refractivity contribution in [3.63, 3.8) is 0 Å². The maximum atomic E-state index is 12.0. The Bertz CT molecular complexity index is 2980. The third-order valence-electron chi connectivity index (χ3n) is 12.1. The Hall–Kier alpha value is -4.14. The van der Waals surface area contributed by atoms with E-state index in [0.29, 0.717) is 10.3 Å². The summed E-state index contributed by atoms with van der Waals surface area (Å²) in [6.07, 6.45) is 10.7. The van der Waals surface area contributed by atoms with E-state index in [9.17, 15) is 38.9 Å². The average molecular weight is 910 g/mol. The highest BCUT2D eigenvalue weighted by Gasteiger charge is 2.42. The lowest BCUT2D eigenvalue weighted by Crippen LogP contribution is -2.30. The summed E-state index contributed by atoms with van der Waals surface area (Å²) >= 11 is 0.858. The maximum Gasteiger partial charge on any atom is 0.294 e. The van der Waals surface area contributed by atoms with Crippen LogP contribution in [0.15, 0.2) is 123 Å². The molecule has 0 radical (unpaired) electrons. The van der Waals surface area contributed by atoms with Gasteiger partial charge in [0.2, 0.25) is 0 Å². The fourth-order valence-electron chi connectivity index (χ4n) is 9.32. The minimum Gasteiger partial charge on any atom is -0.343 e. The van der Waals surface area contributed by atoms with Crippen LogP contribution in [0.1, 0.15) is 77.0 Å². The third-order valence-corrected chi connectivity index (χ3v) is 15.0. The van der Waals surface area contributed by atoms with Crippen molar-refractivity contribution in [2.45, 2.75) is 80.9 Å². The minimum absolute atomic E-state index is 0.0304. The van der Waals surface area contributed by atoms with Crippen molar-refractivity contribution in [1.82, 2.24) is 0 Å². The number of hydrogen-bond acceptors (Lipinski definition) is 11. The topological polar surface area (TPSA) is 205 Å². The molecule has 1 heterocycles. The number of allylic oxidation sites excluding steroid dienone is 10. The highest BCUT2D eigenvalue weighted by Crippen LogP contribution is 2.53. The lowest BCUT2D eigenvalue weighted by Gasteiger charge is -2.27. The predicted octanol–water partition coefficient (Wildman–Crippen LogP) is 9.54. The van der Waals surface area contributed by atoms with Crippen molar-refractivity contribution in [2.24, 2.45) is 0 Å². The van der Waals surface area contributed by atoms with Crippen LogP contribution in [0, 0.1) is 0 Å². The van der Waals surface area contributed by atoms with E-state index in [1.165, 1.54) is 12.1 Å². The van der Waals surface area contributed by atoms with Crippen molar-refractivity contribution in [3.05, 3.63) is 130 Å². The summed E-state index contributed by atoms with van der Waals surface area (Å²) in [4.78, 5) is 2.34. The second-order valence-electron chi connectivity index (χ2n) is 16.6. The van der Waals surface area contributed by atoms with E-state index in [1.807, 2.05) is 61.2 Å². The number of rotatable bonds is 13. The molecule has 324 valence electrons. The number of fused-ring (bicyclic) bond motifs is 6. The van der Waals surface area contributed by atoms with Crippen LogP contribution in [0.3, 0.4) is 0 Å². The average Bonchev–Trinajstić information content (AvgIpc) is 3.54. The van der Waals surface area contributed by atoms with Gasteiger partial charge >= 0.3 is 0 Å². The molecule has 2 aliphatic carbocycles. The molecule has 4 aromatic carbocycles. The molecule has 17 heteroatoms. The molecule has 1 aliphatic heterocycles. The van der Waals surface area contributed by atoms with Crippen LogP contribution >= 0.6 is 12.0 Å². The second kappa shape index (κ2) is 16.5. The van der Waals surface area contributed by atoms with Crippen LogP contribution in [0.2, 0.25) is 0 Å². The summed E-state index contributed by atoms with van der Waals surface area (Å²) in [5.74, 6) is -0.954. The molecule has 0 saturated carbocycles. The summed E-state index contributed by atoms with van der Waals surface area (Å²) < 4.78 is 106. The van der Waals surface area contributed by atoms with E-state index in [0.717, 1.165) is 103 Å². The van der Waals surface area contributed by atoms with E-state index in [1.54, 1.807) is 18.2 Å². The molecule has 0 aromatic heterocycles. The first-order valence-corrected chi connectivity index (χ1v) is 24.9. The van der Waals surface area contributed by atoms with Crippen LogP contribution in [-0.4, -0.2) is 62.2 Å². The van der Waals surface area contributed by atoms with Gasteiger partial charge in [0.1, 0.15) is 0 Å². The summed E-state index contributed by atoms with van der Waals surface area (Å²) in [6.45, 7) is 10.2. The highest BCUT2D eigenvalue weighted by molar-refractivity contribution is 7.94. The fourth-order valence-corrected chi connectivity index (χ4v) is 11.1. The zero-order valence-corrected chi connectivity index (χ0v) is 37.4. The highest BCUT2D eigenvalue weighted by atomic mass is 32.2. The molecule has 3 aliphatic rings. The van der Waals surface area contributed by atoms with Crippen LogP contribution in [0.5, 0.6) is 0 Å². The molecule has 0 amide bonds. The molecule has 0 atom stereocenters. The molecule has 0 fully saturated rings. The summed E-state index contributed by atoms with van der Waals surface area (Å²) in [7, 11) is -13.0. The van der Waals surface area contributed by atoms with Crippen LogP contribution in [0.4, 0.5) is 5.69 Å². The molecule has 61 heavy (non-hydrogen) atoms. The Balaban J connectivity index is 1.28. The van der Waals surface area contributed by atoms with Gasteiger partial charge in [0.15, 0.2) is 0 Å². The van der Waals surface area contributed by atoms with Gasteiger partial charge in [0.25, 0.3) is 30.4 Å². The molecule has 13 nitrogen and oxygen atoms in total. The summed E-state index contributed by atoms with van der Waals surface area (Å²) in [5, 5.41) is 15.6. The normalized spacial score (nSPS) is 19.3. The Morgan fingerprint density at radius 3 is 2.13 bits per heavy atom. The molecular weight excluding hydrogens is 863 g/mol. The zero-order valence-electron chi connectivity index (χ0n) is 34.2. The van der Waals surface area contributed by atoms with Crippen LogP contribution < -0.4 is 4.90 Å². The Kier molecular flexibility index (Phi) is 12.2. The monoisotopic (exact) mass is 909 g/mol. The minimum atomic E-state index is -4.44. The van der Waals surface area contributed by atoms with Gasteiger partial charge < -0.3 is 4.90 Å². The first-order chi connectivity index (χ1) is 28.5. The standard InChI is InChI=1S/C44H47NO12S4/c1-27-28(10-18-38-36(21-23-59(47,48)49)37-15-9-30-25-32(58-57-56-46)13-16-34(30)41(37)43(38,2)3)7-6-8-29(27)12-20-40-44(4,5)42-35-17-14-33(61(53,54)55)26-31(35)11-19-39(42)45(40)22-24-60(50,51)52/h9-20,25-26,46H,6-8,21-24H2,1-5H3,(H,47,48,49)(H,50,51,52)(H,53,54,55)/b18-10+,29-12?,40-20+. The smallest absolute Gasteiger partial charge is 0.294 e. The molecule has 0 spiro atoms. The van der Waals surface area contributed by atoms with E-state index >= 15 is 0 Å². The van der Waals surface area contributed by atoms with Crippen LogP contribution in [0.25, 0.3) is 27.1 Å². The predicted molar refractivity (Wildman–Crippen MR) is 238 cm³/mol. The van der Waals surface area contributed by atoms with Gasteiger partial charge in [-0.2, -0.15) is 25.3 Å². The van der Waals surface area contributed by atoms with E-state index < -0.39 is 52.7 Å². The van der Waals surface area contributed by atoms with E-state index in [2.05, 4.69) is 42.3 Å². The Morgan fingerprint density at radius 2 is 1.44 bits per heavy atom. The van der Waals surface area contributed by atoms with Crippen molar-refractivity contribution in [2.75, 3.05) is 23.0 Å². The first-order valence-electron chi connectivity index (χ1n) is 19.5. The second-order valence-corrected chi connectivity index (χ2v) is 22.0. The Morgan fingerprint density at radius 1 is 0.770 bits per heavy atom. The number of nitrogens with zero attached hydrogens (tertiary/aromatic N) is 1. The van der Waals surface area contributed by atoms with Crippen LogP contribution in [-0.2, 0) is 50.6 Å². The van der Waals surface area contributed by atoms with Crippen molar-refractivity contribution < 1.29 is 53.5 Å². The van der Waals surface area contributed by atoms with Gasteiger partial charge in [-0.15, -0.1) is 4.33 Å². The summed E-state index contributed by atoms with van der Waals surface area (Å²) in [6, 6.07) is 17.5. The third kappa shape index (κ3) is 9.04. The summed E-state index contributed by atoms with van der Waals surface area (Å²) in [5.41, 5.74) is 8.04. The van der Waals surface area contributed by atoms with Crippen molar-refractivity contribution >= 4 is 75.2 Å². The van der Waals surface area contributed by atoms with Gasteiger partial charge in [-0.05, 0) is 135 Å². The van der Waals surface area contributed by atoms with Crippen molar-refractivity contribution in [3.8, 4) is 0 Å². The molecule has 4 N–H and O–H groups in total. The van der Waals surface area contributed by atoms with Gasteiger partial charge in [0, 0.05) is 33.7 Å². The lowest BCUT2D eigenvalue weighted by atomic mass is 9.78. The quantitative estimate of drug-likeness (QED) is 0.0427. The molecular formula is C44H47NO12S4. The number of benzene rings is 4. The zero-order chi connectivity index (χ0) is 44.3. The first kappa shape index (κ1) is 44.9. The van der Waals surface area contributed by atoms with Gasteiger partial charge in [-0.1, -0.05) is 81.3 Å². The molecule has 0 saturated heterocycles. The van der Waals surface area contributed by atoms with Gasteiger partial charge in [-0.25, -0.2) is 5.26 Å². The Labute approximate surface area is 360 Å². The SMILES string of the molecule is CC1=C(/C=C/C2=C(CCS(=O)(=O)O)c3ccc4cc(SOOO)ccc4c3C2(C)C)CCCC1=C/C=C1/N(CCS(=O)(=O)O)c2ccc3cc(S(=O)(=O)O)ccc3c2C1(C)C. The lowest BCUT2D eigenvalue weighted by molar-refractivity contribution is -0.432. The molecule has 7 rings (SSSR count). The number of hydrogen-bond donors (Lipinski definition) is 4. The van der Waals surface area contributed by atoms with E-state index in [-0.39, 0.29) is 17.9 Å². The largest absolute Gasteiger partial charge is 0.343 e. The van der Waals surface area contributed by atoms with Crippen molar-refractivity contribution in [1.29, 1.82) is 0 Å². The number of anilines is 1. The maximum absolute atomic E-state index is 12.0.